The van der Waals surface area contributed by atoms with Crippen molar-refractivity contribution in [2.75, 3.05) is 19.0 Å². The smallest absolute Gasteiger partial charge is 0.255 e. The van der Waals surface area contributed by atoms with Crippen molar-refractivity contribution in [3.63, 3.8) is 0 Å². The highest BCUT2D eigenvalue weighted by molar-refractivity contribution is 5.99. The van der Waals surface area contributed by atoms with Gasteiger partial charge in [0.2, 0.25) is 0 Å². The molecule has 0 radical (unpaired) electrons. The molecule has 1 aromatic heterocycles. The Morgan fingerprint density at radius 3 is 3.11 bits per heavy atom. The fourth-order valence-electron chi connectivity index (χ4n) is 2.54. The van der Waals surface area contributed by atoms with Crippen LogP contribution in [0.1, 0.15) is 36.5 Å². The van der Waals surface area contributed by atoms with Gasteiger partial charge >= 0.3 is 0 Å². The predicted molar refractivity (Wildman–Crippen MR) is 74.3 cm³/mol. The summed E-state index contributed by atoms with van der Waals surface area (Å²) in [5.41, 5.74) is 1.41. The second kappa shape index (κ2) is 6.52. The second-order valence-electron chi connectivity index (χ2n) is 4.74. The topological polar surface area (TPSA) is 63.2 Å². The van der Waals surface area contributed by atoms with Gasteiger partial charge in [0, 0.05) is 26.0 Å². The largest absolute Gasteiger partial charge is 0.385 e. The molecule has 0 spiro atoms. The molecule has 1 heterocycles. The van der Waals surface area contributed by atoms with E-state index in [0.717, 1.165) is 31.5 Å². The number of amides is 1. The maximum atomic E-state index is 12.3. The van der Waals surface area contributed by atoms with E-state index in [1.54, 1.807) is 19.5 Å². The van der Waals surface area contributed by atoms with Gasteiger partial charge in [-0.25, -0.2) is 0 Å². The molecule has 5 heteroatoms. The van der Waals surface area contributed by atoms with Crippen molar-refractivity contribution < 1.29 is 9.53 Å². The average Bonchev–Trinajstić information content (AvgIpc) is 2.87. The lowest BCUT2D eigenvalue weighted by Gasteiger charge is -2.20. The van der Waals surface area contributed by atoms with E-state index >= 15 is 0 Å². The van der Waals surface area contributed by atoms with Crippen LogP contribution in [-0.4, -0.2) is 36.7 Å². The maximum absolute atomic E-state index is 12.3. The van der Waals surface area contributed by atoms with E-state index in [-0.39, 0.29) is 18.1 Å². The molecule has 1 amide bonds. The summed E-state index contributed by atoms with van der Waals surface area (Å²) < 4.78 is 5.39. The number of pyridine rings is 1. The standard InChI is InChI=1S/C14H21N3O2/c1-3-16-11-7-8-15-9-10(11)14(18)17-12-5-4-6-13(12)19-2/h7-9,12-13H,3-6H2,1-2H3,(H,15,16)(H,17,18). The normalized spacial score (nSPS) is 22.2. The Kier molecular flexibility index (Phi) is 4.74. The lowest BCUT2D eigenvalue weighted by Crippen LogP contribution is -2.41. The molecule has 5 nitrogen and oxygen atoms in total. The van der Waals surface area contributed by atoms with Gasteiger partial charge in [-0.3, -0.25) is 9.78 Å². The summed E-state index contributed by atoms with van der Waals surface area (Å²) >= 11 is 0. The molecule has 19 heavy (non-hydrogen) atoms. The molecule has 2 rings (SSSR count). The number of nitrogens with zero attached hydrogens (tertiary/aromatic N) is 1. The van der Waals surface area contributed by atoms with Crippen molar-refractivity contribution in [2.24, 2.45) is 0 Å². The first-order valence-electron chi connectivity index (χ1n) is 6.77. The number of ether oxygens (including phenoxy) is 1. The first-order chi connectivity index (χ1) is 9.26. The number of aromatic nitrogens is 1. The van der Waals surface area contributed by atoms with Gasteiger partial charge in [-0.05, 0) is 32.3 Å². The van der Waals surface area contributed by atoms with Crippen LogP contribution in [0.25, 0.3) is 0 Å². The van der Waals surface area contributed by atoms with E-state index in [9.17, 15) is 4.79 Å². The number of hydrogen-bond donors (Lipinski definition) is 2. The van der Waals surface area contributed by atoms with E-state index in [1.165, 1.54) is 0 Å². The molecule has 0 aliphatic heterocycles. The monoisotopic (exact) mass is 263 g/mol. The van der Waals surface area contributed by atoms with Crippen LogP contribution in [-0.2, 0) is 4.74 Å². The minimum atomic E-state index is -0.0852. The molecule has 2 N–H and O–H groups in total. The number of carbonyl (C=O) groups is 1. The van der Waals surface area contributed by atoms with E-state index < -0.39 is 0 Å². The lowest BCUT2D eigenvalue weighted by atomic mass is 10.1. The van der Waals surface area contributed by atoms with Crippen molar-refractivity contribution >= 4 is 11.6 Å². The number of hydrogen-bond acceptors (Lipinski definition) is 4. The molecule has 1 aromatic rings. The van der Waals surface area contributed by atoms with Crippen molar-refractivity contribution in [1.29, 1.82) is 0 Å². The molecular weight excluding hydrogens is 242 g/mol. The van der Waals surface area contributed by atoms with E-state index in [0.29, 0.717) is 5.56 Å². The third-order valence-corrected chi connectivity index (χ3v) is 3.50. The van der Waals surface area contributed by atoms with Crippen LogP contribution < -0.4 is 10.6 Å². The molecule has 1 aliphatic rings. The van der Waals surface area contributed by atoms with Gasteiger partial charge < -0.3 is 15.4 Å². The Hall–Kier alpha value is -1.62. The summed E-state index contributed by atoms with van der Waals surface area (Å²) in [7, 11) is 1.70. The fourth-order valence-corrected chi connectivity index (χ4v) is 2.54. The summed E-state index contributed by atoms with van der Waals surface area (Å²) in [6.07, 6.45) is 6.49. The lowest BCUT2D eigenvalue weighted by molar-refractivity contribution is 0.0722. The van der Waals surface area contributed by atoms with Gasteiger partial charge in [-0.2, -0.15) is 0 Å². The molecule has 1 fully saturated rings. The fraction of sp³-hybridized carbons (Fsp3) is 0.571. The van der Waals surface area contributed by atoms with Gasteiger partial charge in [0.15, 0.2) is 0 Å². The van der Waals surface area contributed by atoms with E-state index in [4.69, 9.17) is 4.74 Å². The van der Waals surface area contributed by atoms with Crippen molar-refractivity contribution in [3.05, 3.63) is 24.0 Å². The first-order valence-corrected chi connectivity index (χ1v) is 6.77. The van der Waals surface area contributed by atoms with Gasteiger partial charge in [0.25, 0.3) is 5.91 Å². The van der Waals surface area contributed by atoms with Crippen molar-refractivity contribution in [2.45, 2.75) is 38.3 Å². The number of methoxy groups -OCH3 is 1. The summed E-state index contributed by atoms with van der Waals surface area (Å²) in [6, 6.07) is 1.92. The number of rotatable bonds is 5. The molecule has 1 saturated carbocycles. The quantitative estimate of drug-likeness (QED) is 0.850. The minimum absolute atomic E-state index is 0.0852. The summed E-state index contributed by atoms with van der Waals surface area (Å²) in [4.78, 5) is 16.3. The van der Waals surface area contributed by atoms with Crippen LogP contribution in [0.4, 0.5) is 5.69 Å². The highest BCUT2D eigenvalue weighted by atomic mass is 16.5. The molecule has 2 unspecified atom stereocenters. The molecule has 0 aromatic carbocycles. The molecule has 1 aliphatic carbocycles. The van der Waals surface area contributed by atoms with Crippen LogP contribution in [0, 0.1) is 0 Å². The number of carbonyl (C=O) groups excluding carboxylic acids is 1. The van der Waals surface area contributed by atoms with E-state index in [2.05, 4.69) is 15.6 Å². The van der Waals surface area contributed by atoms with Gasteiger partial charge in [-0.1, -0.05) is 0 Å². The van der Waals surface area contributed by atoms with Crippen molar-refractivity contribution in [3.8, 4) is 0 Å². The third-order valence-electron chi connectivity index (χ3n) is 3.50. The zero-order valence-corrected chi connectivity index (χ0v) is 11.5. The Morgan fingerprint density at radius 1 is 1.53 bits per heavy atom. The highest BCUT2D eigenvalue weighted by Crippen LogP contribution is 2.22. The Labute approximate surface area is 113 Å². The van der Waals surface area contributed by atoms with Crippen LogP contribution in [0.5, 0.6) is 0 Å². The first kappa shape index (κ1) is 13.8. The van der Waals surface area contributed by atoms with Gasteiger partial charge in [0.05, 0.1) is 23.4 Å². The third kappa shape index (κ3) is 3.23. The summed E-state index contributed by atoms with van der Waals surface area (Å²) in [6.45, 7) is 2.77. The van der Waals surface area contributed by atoms with Crippen LogP contribution >= 0.6 is 0 Å². The van der Waals surface area contributed by atoms with Crippen LogP contribution in [0.2, 0.25) is 0 Å². The summed E-state index contributed by atoms with van der Waals surface area (Å²) in [5, 5.41) is 6.23. The Bertz CT molecular complexity index is 436. The highest BCUT2D eigenvalue weighted by Gasteiger charge is 2.29. The van der Waals surface area contributed by atoms with Crippen LogP contribution in [0.3, 0.4) is 0 Å². The second-order valence-corrected chi connectivity index (χ2v) is 4.74. The maximum Gasteiger partial charge on any atom is 0.255 e. The zero-order valence-electron chi connectivity index (χ0n) is 11.5. The summed E-state index contributed by atoms with van der Waals surface area (Å²) in [5.74, 6) is -0.0852. The molecular formula is C14H21N3O2. The SMILES string of the molecule is CCNc1ccncc1C(=O)NC1CCCC1OC. The zero-order chi connectivity index (χ0) is 13.7. The molecule has 0 saturated heterocycles. The number of anilines is 1. The van der Waals surface area contributed by atoms with Crippen LogP contribution in [0.15, 0.2) is 18.5 Å². The molecule has 0 bridgehead atoms. The van der Waals surface area contributed by atoms with Gasteiger partial charge in [0.1, 0.15) is 0 Å². The number of nitrogens with one attached hydrogen (secondary N) is 2. The van der Waals surface area contributed by atoms with Crippen molar-refractivity contribution in [1.82, 2.24) is 10.3 Å². The predicted octanol–water partition coefficient (Wildman–Crippen LogP) is 1.81. The Morgan fingerprint density at radius 2 is 2.37 bits per heavy atom. The van der Waals surface area contributed by atoms with E-state index in [1.807, 2.05) is 13.0 Å². The average molecular weight is 263 g/mol. The Balaban J connectivity index is 2.07. The molecule has 2 atom stereocenters. The minimum Gasteiger partial charge on any atom is -0.385 e. The molecule has 104 valence electrons. The van der Waals surface area contributed by atoms with Gasteiger partial charge in [-0.15, -0.1) is 0 Å².